The second-order valence-electron chi connectivity index (χ2n) is 4.47. The molecule has 0 aliphatic carbocycles. The standard InChI is InChI=1S/C15H14N4OS/c20-15(16-8-6-13-17-10-18-19-13)14-12(7-9-21-14)11-4-2-1-3-5-11/h1-5,7,9-10H,6,8H2,(H,16,20)(H,17,18,19). The lowest BCUT2D eigenvalue weighted by atomic mass is 10.1. The Morgan fingerprint density at radius 2 is 2.10 bits per heavy atom. The first-order valence-electron chi connectivity index (χ1n) is 6.60. The maximum atomic E-state index is 12.3. The highest BCUT2D eigenvalue weighted by Gasteiger charge is 2.14. The molecule has 0 radical (unpaired) electrons. The lowest BCUT2D eigenvalue weighted by molar-refractivity contribution is 0.0958. The summed E-state index contributed by atoms with van der Waals surface area (Å²) in [5.41, 5.74) is 2.02. The second-order valence-corrected chi connectivity index (χ2v) is 5.38. The van der Waals surface area contributed by atoms with Crippen LogP contribution < -0.4 is 5.32 Å². The van der Waals surface area contributed by atoms with Gasteiger partial charge in [-0.2, -0.15) is 5.10 Å². The van der Waals surface area contributed by atoms with Gasteiger partial charge in [0.1, 0.15) is 12.2 Å². The van der Waals surface area contributed by atoms with E-state index in [4.69, 9.17) is 0 Å². The number of aromatic nitrogens is 3. The van der Waals surface area contributed by atoms with Crippen LogP contribution in [0.2, 0.25) is 0 Å². The molecule has 106 valence electrons. The molecule has 0 bridgehead atoms. The number of carbonyl (C=O) groups is 1. The molecule has 2 aromatic heterocycles. The van der Waals surface area contributed by atoms with Crippen molar-refractivity contribution >= 4 is 17.2 Å². The van der Waals surface area contributed by atoms with Crippen molar-refractivity contribution in [2.45, 2.75) is 6.42 Å². The second kappa shape index (κ2) is 6.32. The quantitative estimate of drug-likeness (QED) is 0.760. The van der Waals surface area contributed by atoms with Gasteiger partial charge in [-0.15, -0.1) is 11.3 Å². The third-order valence-corrected chi connectivity index (χ3v) is 3.98. The first kappa shape index (κ1) is 13.5. The third kappa shape index (κ3) is 3.17. The third-order valence-electron chi connectivity index (χ3n) is 3.07. The molecule has 5 nitrogen and oxygen atoms in total. The fraction of sp³-hybridized carbons (Fsp3) is 0.133. The molecule has 0 unspecified atom stereocenters. The highest BCUT2D eigenvalue weighted by atomic mass is 32.1. The highest BCUT2D eigenvalue weighted by Crippen LogP contribution is 2.27. The maximum absolute atomic E-state index is 12.3. The number of aromatic amines is 1. The number of carbonyl (C=O) groups excluding carboxylic acids is 1. The SMILES string of the molecule is O=C(NCCc1ncn[nH]1)c1sccc1-c1ccccc1. The lowest BCUT2D eigenvalue weighted by Crippen LogP contribution is -2.25. The van der Waals surface area contributed by atoms with E-state index in [0.29, 0.717) is 13.0 Å². The minimum Gasteiger partial charge on any atom is -0.351 e. The van der Waals surface area contributed by atoms with Gasteiger partial charge in [-0.3, -0.25) is 9.89 Å². The molecule has 1 aromatic carbocycles. The average Bonchev–Trinajstić information content (AvgIpc) is 3.19. The van der Waals surface area contributed by atoms with Crippen LogP contribution in [0.5, 0.6) is 0 Å². The van der Waals surface area contributed by atoms with Crippen molar-refractivity contribution in [3.05, 3.63) is 58.8 Å². The maximum Gasteiger partial charge on any atom is 0.262 e. The van der Waals surface area contributed by atoms with E-state index in [1.807, 2.05) is 41.8 Å². The molecule has 0 aliphatic rings. The van der Waals surface area contributed by atoms with Gasteiger partial charge in [-0.05, 0) is 17.0 Å². The Bertz CT molecular complexity index is 706. The average molecular weight is 298 g/mol. The summed E-state index contributed by atoms with van der Waals surface area (Å²) < 4.78 is 0. The summed E-state index contributed by atoms with van der Waals surface area (Å²) in [4.78, 5) is 17.0. The van der Waals surface area contributed by atoms with Gasteiger partial charge in [0.15, 0.2) is 0 Å². The minimum atomic E-state index is -0.0524. The molecule has 3 aromatic rings. The Labute approximate surface area is 126 Å². The molecule has 0 saturated carbocycles. The van der Waals surface area contributed by atoms with Gasteiger partial charge in [-0.1, -0.05) is 30.3 Å². The predicted molar refractivity (Wildman–Crippen MR) is 82.2 cm³/mol. The monoisotopic (exact) mass is 298 g/mol. The summed E-state index contributed by atoms with van der Waals surface area (Å²) in [5, 5.41) is 11.4. The number of H-pyrrole nitrogens is 1. The number of nitrogens with zero attached hydrogens (tertiary/aromatic N) is 2. The summed E-state index contributed by atoms with van der Waals surface area (Å²) in [6.45, 7) is 0.528. The smallest absolute Gasteiger partial charge is 0.262 e. The lowest BCUT2D eigenvalue weighted by Gasteiger charge is -2.05. The van der Waals surface area contributed by atoms with Gasteiger partial charge in [0.25, 0.3) is 5.91 Å². The number of benzene rings is 1. The normalized spacial score (nSPS) is 10.5. The molecular formula is C15H14N4OS. The fourth-order valence-electron chi connectivity index (χ4n) is 2.06. The van der Waals surface area contributed by atoms with Crippen LogP contribution in [0, 0.1) is 0 Å². The Morgan fingerprint density at radius 1 is 1.24 bits per heavy atom. The Hall–Kier alpha value is -2.47. The summed E-state index contributed by atoms with van der Waals surface area (Å²) in [5.74, 6) is 0.716. The van der Waals surface area contributed by atoms with E-state index in [1.165, 1.54) is 17.7 Å². The van der Waals surface area contributed by atoms with Crippen molar-refractivity contribution in [3.63, 3.8) is 0 Å². The largest absolute Gasteiger partial charge is 0.351 e. The molecular weight excluding hydrogens is 284 g/mol. The zero-order chi connectivity index (χ0) is 14.5. The molecule has 21 heavy (non-hydrogen) atoms. The van der Waals surface area contributed by atoms with E-state index in [2.05, 4.69) is 20.5 Å². The van der Waals surface area contributed by atoms with Gasteiger partial charge in [-0.25, -0.2) is 4.98 Å². The summed E-state index contributed by atoms with van der Waals surface area (Å²) in [6.07, 6.45) is 2.10. The van der Waals surface area contributed by atoms with Crippen LogP contribution in [0.1, 0.15) is 15.5 Å². The zero-order valence-electron chi connectivity index (χ0n) is 11.2. The van der Waals surface area contributed by atoms with Crippen LogP contribution in [0.4, 0.5) is 0 Å². The molecule has 2 heterocycles. The van der Waals surface area contributed by atoms with Crippen LogP contribution in [-0.2, 0) is 6.42 Å². The summed E-state index contributed by atoms with van der Waals surface area (Å²) in [7, 11) is 0. The van der Waals surface area contributed by atoms with Crippen molar-refractivity contribution < 1.29 is 4.79 Å². The Morgan fingerprint density at radius 3 is 2.86 bits per heavy atom. The van der Waals surface area contributed by atoms with Gasteiger partial charge >= 0.3 is 0 Å². The van der Waals surface area contributed by atoms with Crippen molar-refractivity contribution in [1.29, 1.82) is 0 Å². The van der Waals surface area contributed by atoms with Crippen LogP contribution >= 0.6 is 11.3 Å². The van der Waals surface area contributed by atoms with Gasteiger partial charge in [0.2, 0.25) is 0 Å². The molecule has 0 spiro atoms. The van der Waals surface area contributed by atoms with Crippen molar-refractivity contribution in [1.82, 2.24) is 20.5 Å². The number of thiophene rings is 1. The van der Waals surface area contributed by atoms with Gasteiger partial charge < -0.3 is 5.32 Å². The fourth-order valence-corrected chi connectivity index (χ4v) is 2.89. The zero-order valence-corrected chi connectivity index (χ0v) is 12.1. The van der Waals surface area contributed by atoms with E-state index in [1.54, 1.807) is 0 Å². The van der Waals surface area contributed by atoms with Crippen LogP contribution in [-0.4, -0.2) is 27.6 Å². The van der Waals surface area contributed by atoms with E-state index in [9.17, 15) is 4.79 Å². The Balaban J connectivity index is 1.67. The molecule has 1 amide bonds. The number of hydrogen-bond donors (Lipinski definition) is 2. The van der Waals surface area contributed by atoms with Crippen molar-refractivity contribution in [3.8, 4) is 11.1 Å². The molecule has 6 heteroatoms. The minimum absolute atomic E-state index is 0.0524. The van der Waals surface area contributed by atoms with E-state index in [0.717, 1.165) is 21.8 Å². The number of amides is 1. The van der Waals surface area contributed by atoms with Gasteiger partial charge in [0.05, 0.1) is 4.88 Å². The highest BCUT2D eigenvalue weighted by molar-refractivity contribution is 7.12. The van der Waals surface area contributed by atoms with Crippen LogP contribution in [0.15, 0.2) is 48.1 Å². The molecule has 2 N–H and O–H groups in total. The molecule has 0 fully saturated rings. The summed E-state index contributed by atoms with van der Waals surface area (Å²) >= 11 is 1.45. The van der Waals surface area contributed by atoms with Crippen molar-refractivity contribution in [2.24, 2.45) is 0 Å². The summed E-state index contributed by atoms with van der Waals surface area (Å²) in [6, 6.07) is 11.9. The molecule has 0 atom stereocenters. The number of nitrogens with one attached hydrogen (secondary N) is 2. The predicted octanol–water partition coefficient (Wildman–Crippen LogP) is 2.51. The molecule has 3 rings (SSSR count). The molecule has 0 aliphatic heterocycles. The number of hydrogen-bond acceptors (Lipinski definition) is 4. The van der Waals surface area contributed by atoms with Gasteiger partial charge in [0, 0.05) is 18.5 Å². The topological polar surface area (TPSA) is 70.7 Å². The Kier molecular flexibility index (Phi) is 4.07. The van der Waals surface area contributed by atoms with E-state index in [-0.39, 0.29) is 5.91 Å². The van der Waals surface area contributed by atoms with Crippen LogP contribution in [0.25, 0.3) is 11.1 Å². The van der Waals surface area contributed by atoms with E-state index >= 15 is 0 Å². The first-order valence-corrected chi connectivity index (χ1v) is 7.48. The van der Waals surface area contributed by atoms with E-state index < -0.39 is 0 Å². The molecule has 0 saturated heterocycles. The van der Waals surface area contributed by atoms with Crippen LogP contribution in [0.3, 0.4) is 0 Å². The first-order chi connectivity index (χ1) is 10.3. The van der Waals surface area contributed by atoms with Crippen molar-refractivity contribution in [2.75, 3.05) is 6.54 Å². The number of rotatable bonds is 5.